The highest BCUT2D eigenvalue weighted by Gasteiger charge is 2.07. The Balaban J connectivity index is 1.84. The number of fused-ring (bicyclic) bond motifs is 1. The number of hydrogen-bond acceptors (Lipinski definition) is 3. The summed E-state index contributed by atoms with van der Waals surface area (Å²) in [5, 5.41) is 8.47. The van der Waals surface area contributed by atoms with Gasteiger partial charge in [0.1, 0.15) is 5.82 Å². The third kappa shape index (κ3) is 2.37. The van der Waals surface area contributed by atoms with Gasteiger partial charge in [0.15, 0.2) is 5.65 Å². The molecule has 4 heteroatoms. The Morgan fingerprint density at radius 1 is 1.05 bits per heavy atom. The number of benzene rings is 1. The molecule has 2 aromatic heterocycles. The highest BCUT2D eigenvalue weighted by Crippen LogP contribution is 2.15. The van der Waals surface area contributed by atoms with Gasteiger partial charge in [-0.05, 0) is 37.5 Å². The summed E-state index contributed by atoms with van der Waals surface area (Å²) in [6, 6.07) is 10.6. The van der Waals surface area contributed by atoms with Gasteiger partial charge in [-0.15, -0.1) is 10.2 Å². The molecule has 0 radical (unpaired) electrons. The summed E-state index contributed by atoms with van der Waals surface area (Å²) in [6.07, 6.45) is 3.72. The largest absolute Gasteiger partial charge is 0.397 e. The van der Waals surface area contributed by atoms with Gasteiger partial charge in [-0.2, -0.15) is 0 Å². The molecule has 0 amide bonds. The van der Waals surface area contributed by atoms with Crippen LogP contribution in [0.4, 0.5) is 5.69 Å². The van der Waals surface area contributed by atoms with Crippen molar-refractivity contribution in [3.8, 4) is 0 Å². The molecule has 0 saturated heterocycles. The van der Waals surface area contributed by atoms with Crippen LogP contribution in [0.3, 0.4) is 0 Å². The van der Waals surface area contributed by atoms with Gasteiger partial charge in [0.05, 0.1) is 5.69 Å². The van der Waals surface area contributed by atoms with Crippen molar-refractivity contribution >= 4 is 11.3 Å². The van der Waals surface area contributed by atoms with Gasteiger partial charge in [0, 0.05) is 12.6 Å². The second-order valence-electron chi connectivity index (χ2n) is 5.24. The van der Waals surface area contributed by atoms with E-state index < -0.39 is 0 Å². The molecule has 0 aliphatic rings. The van der Waals surface area contributed by atoms with E-state index in [0.29, 0.717) is 0 Å². The van der Waals surface area contributed by atoms with Crippen molar-refractivity contribution < 1.29 is 0 Å². The first kappa shape index (κ1) is 12.7. The zero-order valence-corrected chi connectivity index (χ0v) is 11.8. The first-order chi connectivity index (χ1) is 9.63. The molecule has 0 saturated carbocycles. The Hall–Kier alpha value is -2.36. The number of nitrogens with zero attached hydrogens (tertiary/aromatic N) is 3. The maximum atomic E-state index is 5.96. The fourth-order valence-electron chi connectivity index (χ4n) is 2.28. The fourth-order valence-corrected chi connectivity index (χ4v) is 2.28. The van der Waals surface area contributed by atoms with Gasteiger partial charge < -0.3 is 5.73 Å². The monoisotopic (exact) mass is 266 g/mol. The molecule has 1 aromatic carbocycles. The van der Waals surface area contributed by atoms with Crippen molar-refractivity contribution in [1.29, 1.82) is 0 Å². The van der Waals surface area contributed by atoms with E-state index in [1.165, 1.54) is 11.1 Å². The molecule has 0 atom stereocenters. The maximum Gasteiger partial charge on any atom is 0.161 e. The maximum absolute atomic E-state index is 5.96. The summed E-state index contributed by atoms with van der Waals surface area (Å²) < 4.78 is 1.98. The second-order valence-corrected chi connectivity index (χ2v) is 5.24. The second kappa shape index (κ2) is 4.96. The number of hydrogen-bond donors (Lipinski definition) is 1. The smallest absolute Gasteiger partial charge is 0.161 e. The minimum atomic E-state index is 0.772. The molecule has 0 spiro atoms. The van der Waals surface area contributed by atoms with Crippen molar-refractivity contribution in [2.75, 3.05) is 5.73 Å². The van der Waals surface area contributed by atoms with Gasteiger partial charge in [-0.25, -0.2) is 0 Å². The molecule has 3 aromatic rings. The van der Waals surface area contributed by atoms with Crippen LogP contribution in [0.2, 0.25) is 0 Å². The minimum Gasteiger partial charge on any atom is -0.397 e. The van der Waals surface area contributed by atoms with E-state index in [9.17, 15) is 0 Å². The summed E-state index contributed by atoms with van der Waals surface area (Å²) in [5.74, 6) is 0.951. The highest BCUT2D eigenvalue weighted by atomic mass is 15.2. The van der Waals surface area contributed by atoms with E-state index in [-0.39, 0.29) is 0 Å². The van der Waals surface area contributed by atoms with Crippen LogP contribution in [0.1, 0.15) is 22.5 Å². The Bertz CT molecular complexity index is 741. The van der Waals surface area contributed by atoms with E-state index in [4.69, 9.17) is 5.73 Å². The summed E-state index contributed by atoms with van der Waals surface area (Å²) in [6.45, 7) is 4.08. The van der Waals surface area contributed by atoms with Crippen LogP contribution in [0.15, 0.2) is 36.5 Å². The number of pyridine rings is 1. The molecule has 2 heterocycles. The Morgan fingerprint density at radius 2 is 1.80 bits per heavy atom. The molecule has 3 rings (SSSR count). The topological polar surface area (TPSA) is 56.2 Å². The van der Waals surface area contributed by atoms with Crippen molar-refractivity contribution in [3.63, 3.8) is 0 Å². The number of nitrogens with two attached hydrogens (primary N) is 1. The van der Waals surface area contributed by atoms with Gasteiger partial charge in [-0.1, -0.05) is 29.8 Å². The number of anilines is 1. The average molecular weight is 266 g/mol. The third-order valence-corrected chi connectivity index (χ3v) is 3.62. The van der Waals surface area contributed by atoms with Crippen LogP contribution in [0.25, 0.3) is 5.65 Å². The number of nitrogen functional groups attached to an aromatic ring is 1. The van der Waals surface area contributed by atoms with Crippen molar-refractivity contribution in [2.45, 2.75) is 26.7 Å². The predicted molar refractivity (Wildman–Crippen MR) is 80.7 cm³/mol. The van der Waals surface area contributed by atoms with Crippen LogP contribution in [-0.2, 0) is 12.8 Å². The summed E-state index contributed by atoms with van der Waals surface area (Å²) in [4.78, 5) is 0. The number of rotatable bonds is 3. The summed E-state index contributed by atoms with van der Waals surface area (Å²) >= 11 is 0. The molecule has 20 heavy (non-hydrogen) atoms. The van der Waals surface area contributed by atoms with Gasteiger partial charge in [0.2, 0.25) is 0 Å². The third-order valence-electron chi connectivity index (χ3n) is 3.62. The van der Waals surface area contributed by atoms with Gasteiger partial charge in [0.25, 0.3) is 0 Å². The van der Waals surface area contributed by atoms with Crippen LogP contribution < -0.4 is 5.73 Å². The molecule has 0 aliphatic carbocycles. The molecule has 0 bridgehead atoms. The van der Waals surface area contributed by atoms with E-state index in [1.54, 1.807) is 0 Å². The van der Waals surface area contributed by atoms with E-state index in [2.05, 4.69) is 41.4 Å². The zero-order chi connectivity index (χ0) is 14.1. The van der Waals surface area contributed by atoms with E-state index in [1.807, 2.05) is 23.6 Å². The standard InChI is InChI=1S/C16H18N4/c1-11-3-5-13(6-4-11)7-8-15-18-19-16-9-12(2)14(17)10-20(15)16/h3-6,9-10H,7-8,17H2,1-2H3. The molecule has 0 fully saturated rings. The van der Waals surface area contributed by atoms with Crippen LogP contribution >= 0.6 is 0 Å². The van der Waals surface area contributed by atoms with Gasteiger partial charge >= 0.3 is 0 Å². The van der Waals surface area contributed by atoms with E-state index in [0.717, 1.165) is 35.6 Å². The lowest BCUT2D eigenvalue weighted by molar-refractivity contribution is 0.839. The highest BCUT2D eigenvalue weighted by molar-refractivity contribution is 5.53. The zero-order valence-electron chi connectivity index (χ0n) is 11.8. The van der Waals surface area contributed by atoms with Crippen molar-refractivity contribution in [1.82, 2.24) is 14.6 Å². The molecule has 2 N–H and O–H groups in total. The molecule has 0 unspecified atom stereocenters. The van der Waals surface area contributed by atoms with Crippen molar-refractivity contribution in [3.05, 3.63) is 59.0 Å². The first-order valence-corrected chi connectivity index (χ1v) is 6.79. The number of aryl methyl sites for hydroxylation is 4. The Kier molecular flexibility index (Phi) is 3.14. The van der Waals surface area contributed by atoms with Crippen LogP contribution in [-0.4, -0.2) is 14.6 Å². The normalized spacial score (nSPS) is 11.1. The lowest BCUT2D eigenvalue weighted by Crippen LogP contribution is -2.00. The van der Waals surface area contributed by atoms with E-state index >= 15 is 0 Å². The molecular formula is C16H18N4. The van der Waals surface area contributed by atoms with Crippen LogP contribution in [0.5, 0.6) is 0 Å². The average Bonchev–Trinajstić information content (AvgIpc) is 2.81. The summed E-state index contributed by atoms with van der Waals surface area (Å²) in [7, 11) is 0. The minimum absolute atomic E-state index is 0.772. The lowest BCUT2D eigenvalue weighted by Gasteiger charge is -2.04. The Morgan fingerprint density at radius 3 is 2.55 bits per heavy atom. The Labute approximate surface area is 118 Å². The SMILES string of the molecule is Cc1ccc(CCc2nnc3cc(C)c(N)cn23)cc1. The molecular weight excluding hydrogens is 248 g/mol. The van der Waals surface area contributed by atoms with Gasteiger partial charge in [-0.3, -0.25) is 4.40 Å². The fraction of sp³-hybridized carbons (Fsp3) is 0.250. The first-order valence-electron chi connectivity index (χ1n) is 6.79. The van der Waals surface area contributed by atoms with Crippen LogP contribution in [0, 0.1) is 13.8 Å². The molecule has 102 valence electrons. The quantitative estimate of drug-likeness (QED) is 0.793. The predicted octanol–water partition coefficient (Wildman–Crippen LogP) is 2.71. The molecule has 4 nitrogen and oxygen atoms in total. The lowest BCUT2D eigenvalue weighted by atomic mass is 10.1. The molecule has 0 aliphatic heterocycles. The summed E-state index contributed by atoms with van der Waals surface area (Å²) in [5.41, 5.74) is 11.2. The number of aromatic nitrogens is 3. The van der Waals surface area contributed by atoms with Crippen molar-refractivity contribution in [2.24, 2.45) is 0 Å².